The predicted octanol–water partition coefficient (Wildman–Crippen LogP) is 2.04. The van der Waals surface area contributed by atoms with E-state index in [9.17, 15) is 9.59 Å². The summed E-state index contributed by atoms with van der Waals surface area (Å²) in [5.74, 6) is 0.860. The first kappa shape index (κ1) is 22.3. The van der Waals surface area contributed by atoms with E-state index < -0.39 is 0 Å². The molecule has 0 saturated carbocycles. The van der Waals surface area contributed by atoms with Crippen LogP contribution in [0.1, 0.15) is 24.2 Å². The van der Waals surface area contributed by atoms with Crippen molar-refractivity contribution in [3.8, 4) is 5.75 Å². The van der Waals surface area contributed by atoms with E-state index in [1.54, 1.807) is 4.68 Å². The molecule has 172 valence electrons. The van der Waals surface area contributed by atoms with Crippen LogP contribution in [-0.2, 0) is 20.9 Å². The van der Waals surface area contributed by atoms with Crippen LogP contribution in [0, 0.1) is 19.8 Å². The van der Waals surface area contributed by atoms with Crippen LogP contribution >= 0.6 is 0 Å². The summed E-state index contributed by atoms with van der Waals surface area (Å²) in [5.41, 5.74) is 1.87. The van der Waals surface area contributed by atoms with E-state index >= 15 is 0 Å². The monoisotopic (exact) mass is 440 g/mol. The van der Waals surface area contributed by atoms with E-state index in [1.165, 1.54) is 0 Å². The zero-order valence-corrected chi connectivity index (χ0v) is 18.9. The van der Waals surface area contributed by atoms with E-state index in [1.807, 2.05) is 60.0 Å². The van der Waals surface area contributed by atoms with E-state index in [4.69, 9.17) is 9.47 Å². The normalized spacial score (nSPS) is 21.4. The Labute approximate surface area is 189 Å². The Kier molecular flexibility index (Phi) is 7.09. The summed E-state index contributed by atoms with van der Waals surface area (Å²) in [6.45, 7) is 7.61. The number of aromatic nitrogens is 2. The Morgan fingerprint density at radius 3 is 2.50 bits per heavy atom. The third kappa shape index (κ3) is 5.48. The number of ether oxygens (including phenoxy) is 2. The number of aryl methyl sites for hydroxylation is 2. The summed E-state index contributed by atoms with van der Waals surface area (Å²) >= 11 is 0. The number of hydrogen-bond acceptors (Lipinski definition) is 5. The molecule has 0 radical (unpaired) electrons. The Morgan fingerprint density at radius 2 is 1.81 bits per heavy atom. The van der Waals surface area contributed by atoms with Crippen LogP contribution in [0.15, 0.2) is 36.4 Å². The third-order valence-electron chi connectivity index (χ3n) is 6.24. The Hall–Kier alpha value is -2.87. The smallest absolute Gasteiger partial charge is 0.244 e. The fourth-order valence-electron chi connectivity index (χ4n) is 4.49. The number of amides is 2. The maximum absolute atomic E-state index is 13.0. The molecular formula is C24H32N4O4. The number of carbonyl (C=O) groups is 2. The van der Waals surface area contributed by atoms with Crippen LogP contribution in [0.4, 0.5) is 0 Å². The standard InChI is InChI=1S/C24H32N4O4/c1-18-14-19(2)28(25-18)17-24(30)27-9-8-22(32-21-6-4-3-5-7-21)20(16-27)15-23(29)26-10-12-31-13-11-26/h3-7,14,20,22H,8-13,15-17H2,1-2H3/t20-,22-/m0/s1. The van der Waals surface area contributed by atoms with E-state index in [2.05, 4.69) is 5.10 Å². The molecule has 0 unspecified atom stereocenters. The molecule has 2 fully saturated rings. The summed E-state index contributed by atoms with van der Waals surface area (Å²) in [6.07, 6.45) is 0.945. The largest absolute Gasteiger partial charge is 0.490 e. The van der Waals surface area contributed by atoms with Crippen molar-refractivity contribution in [1.82, 2.24) is 19.6 Å². The number of benzene rings is 1. The number of nitrogens with zero attached hydrogens (tertiary/aromatic N) is 4. The van der Waals surface area contributed by atoms with Gasteiger partial charge in [-0.2, -0.15) is 5.10 Å². The van der Waals surface area contributed by atoms with Crippen molar-refractivity contribution < 1.29 is 19.1 Å². The summed E-state index contributed by atoms with van der Waals surface area (Å²) < 4.78 is 13.4. The fourth-order valence-corrected chi connectivity index (χ4v) is 4.49. The number of likely N-dealkylation sites (tertiary alicyclic amines) is 1. The van der Waals surface area contributed by atoms with Crippen LogP contribution < -0.4 is 4.74 Å². The minimum absolute atomic E-state index is 0.0261. The van der Waals surface area contributed by atoms with Gasteiger partial charge >= 0.3 is 0 Å². The van der Waals surface area contributed by atoms with Gasteiger partial charge in [-0.15, -0.1) is 0 Å². The highest BCUT2D eigenvalue weighted by atomic mass is 16.5. The summed E-state index contributed by atoms with van der Waals surface area (Å²) in [4.78, 5) is 29.7. The number of carbonyl (C=O) groups excluding carboxylic acids is 2. The van der Waals surface area contributed by atoms with Crippen LogP contribution in [-0.4, -0.2) is 76.9 Å². The van der Waals surface area contributed by atoms with Gasteiger partial charge in [-0.1, -0.05) is 18.2 Å². The lowest BCUT2D eigenvalue weighted by molar-refractivity contribution is -0.141. The molecule has 0 N–H and O–H groups in total. The molecule has 3 heterocycles. The second kappa shape index (κ2) is 10.2. The van der Waals surface area contributed by atoms with Gasteiger partial charge in [-0.25, -0.2) is 0 Å². The van der Waals surface area contributed by atoms with E-state index in [0.29, 0.717) is 52.2 Å². The van der Waals surface area contributed by atoms with Gasteiger partial charge in [0.15, 0.2) is 0 Å². The van der Waals surface area contributed by atoms with Crippen LogP contribution in [0.2, 0.25) is 0 Å². The van der Waals surface area contributed by atoms with Crippen molar-refractivity contribution in [1.29, 1.82) is 0 Å². The molecule has 0 bridgehead atoms. The molecule has 0 aliphatic carbocycles. The number of para-hydroxylation sites is 1. The molecule has 2 saturated heterocycles. The first-order valence-corrected chi connectivity index (χ1v) is 11.4. The summed E-state index contributed by atoms with van der Waals surface area (Å²) in [6, 6.07) is 11.7. The van der Waals surface area contributed by atoms with Gasteiger partial charge in [0.1, 0.15) is 18.4 Å². The third-order valence-corrected chi connectivity index (χ3v) is 6.24. The average Bonchev–Trinajstić information content (AvgIpc) is 3.12. The fraction of sp³-hybridized carbons (Fsp3) is 0.542. The molecule has 32 heavy (non-hydrogen) atoms. The average molecular weight is 441 g/mol. The maximum Gasteiger partial charge on any atom is 0.244 e. The molecule has 2 aliphatic heterocycles. The molecule has 4 rings (SSSR count). The van der Waals surface area contributed by atoms with Crippen molar-refractivity contribution >= 4 is 11.8 Å². The van der Waals surface area contributed by atoms with Gasteiger partial charge < -0.3 is 19.3 Å². The Bertz CT molecular complexity index is 923. The lowest BCUT2D eigenvalue weighted by Crippen LogP contribution is -2.51. The second-order valence-electron chi connectivity index (χ2n) is 8.64. The van der Waals surface area contributed by atoms with Gasteiger partial charge in [0.05, 0.1) is 18.9 Å². The molecule has 2 aromatic rings. The molecule has 1 aromatic carbocycles. The lowest BCUT2D eigenvalue weighted by atomic mass is 9.90. The van der Waals surface area contributed by atoms with Gasteiger partial charge in [-0.3, -0.25) is 14.3 Å². The molecule has 2 aliphatic rings. The summed E-state index contributed by atoms with van der Waals surface area (Å²) in [5, 5.41) is 4.42. The minimum Gasteiger partial charge on any atom is -0.490 e. The van der Waals surface area contributed by atoms with Gasteiger partial charge in [0.25, 0.3) is 0 Å². The van der Waals surface area contributed by atoms with Crippen molar-refractivity contribution in [2.24, 2.45) is 5.92 Å². The van der Waals surface area contributed by atoms with Crippen molar-refractivity contribution in [2.45, 2.75) is 39.3 Å². The zero-order valence-electron chi connectivity index (χ0n) is 18.9. The molecule has 1 aromatic heterocycles. The highest BCUT2D eigenvalue weighted by molar-refractivity contribution is 5.78. The molecule has 8 heteroatoms. The van der Waals surface area contributed by atoms with Gasteiger partial charge in [-0.05, 0) is 32.0 Å². The Balaban J connectivity index is 1.44. The Morgan fingerprint density at radius 1 is 1.06 bits per heavy atom. The molecular weight excluding hydrogens is 408 g/mol. The molecule has 0 spiro atoms. The number of piperidine rings is 1. The minimum atomic E-state index is -0.111. The predicted molar refractivity (Wildman–Crippen MR) is 119 cm³/mol. The first-order chi connectivity index (χ1) is 15.5. The SMILES string of the molecule is Cc1cc(C)n(CC(=O)N2CC[C@H](Oc3ccccc3)[C@@H](CC(=O)N3CCOCC3)C2)n1. The topological polar surface area (TPSA) is 76.9 Å². The molecule has 2 atom stereocenters. The van der Waals surface area contributed by atoms with Gasteiger partial charge in [0.2, 0.25) is 11.8 Å². The quantitative estimate of drug-likeness (QED) is 0.687. The lowest BCUT2D eigenvalue weighted by Gasteiger charge is -2.39. The van der Waals surface area contributed by atoms with Crippen molar-refractivity contribution in [3.63, 3.8) is 0 Å². The highest BCUT2D eigenvalue weighted by Crippen LogP contribution is 2.27. The second-order valence-corrected chi connectivity index (χ2v) is 8.64. The zero-order chi connectivity index (χ0) is 22.5. The van der Waals surface area contributed by atoms with Crippen LogP contribution in [0.25, 0.3) is 0 Å². The first-order valence-electron chi connectivity index (χ1n) is 11.4. The summed E-state index contributed by atoms with van der Waals surface area (Å²) in [7, 11) is 0. The van der Waals surface area contributed by atoms with Crippen molar-refractivity contribution in [2.75, 3.05) is 39.4 Å². The highest BCUT2D eigenvalue weighted by Gasteiger charge is 2.35. The maximum atomic E-state index is 13.0. The number of hydrogen-bond donors (Lipinski definition) is 0. The van der Waals surface area contributed by atoms with Crippen molar-refractivity contribution in [3.05, 3.63) is 47.8 Å². The van der Waals surface area contributed by atoms with Crippen LogP contribution in [0.3, 0.4) is 0 Å². The molecule has 8 nitrogen and oxygen atoms in total. The number of morpholine rings is 1. The number of rotatable bonds is 6. The van der Waals surface area contributed by atoms with E-state index in [0.717, 1.165) is 17.1 Å². The van der Waals surface area contributed by atoms with Crippen LogP contribution in [0.5, 0.6) is 5.75 Å². The van der Waals surface area contributed by atoms with Gasteiger partial charge in [0, 0.05) is 50.6 Å². The van der Waals surface area contributed by atoms with E-state index in [-0.39, 0.29) is 30.4 Å². The molecule has 2 amide bonds.